The fourth-order valence-corrected chi connectivity index (χ4v) is 2.45. The summed E-state index contributed by atoms with van der Waals surface area (Å²) in [6.45, 7) is 0. The number of hydrogen-bond acceptors (Lipinski definition) is 6. The van der Waals surface area contributed by atoms with E-state index in [0.717, 1.165) is 29.7 Å². The molecule has 0 spiro atoms. The molecular weight excluding hydrogens is 306 g/mol. The summed E-state index contributed by atoms with van der Waals surface area (Å²) in [4.78, 5) is 35.2. The van der Waals surface area contributed by atoms with Crippen molar-refractivity contribution >= 4 is 29.6 Å². The molecule has 7 heteroatoms. The Morgan fingerprint density at radius 1 is 1.36 bits per heavy atom. The monoisotopic (exact) mass is 319 g/mol. The molecule has 22 heavy (non-hydrogen) atoms. The third-order valence-electron chi connectivity index (χ3n) is 2.76. The first-order valence-electron chi connectivity index (χ1n) is 6.30. The van der Waals surface area contributed by atoms with Crippen molar-refractivity contribution in [1.29, 1.82) is 0 Å². The molecule has 1 heterocycles. The van der Waals surface area contributed by atoms with Gasteiger partial charge >= 0.3 is 11.9 Å². The molecule has 0 saturated carbocycles. The van der Waals surface area contributed by atoms with Crippen LogP contribution in [0.3, 0.4) is 0 Å². The van der Waals surface area contributed by atoms with Gasteiger partial charge in [0.2, 0.25) is 0 Å². The van der Waals surface area contributed by atoms with Crippen LogP contribution in [-0.4, -0.2) is 25.0 Å². The topological polar surface area (TPSA) is 81.7 Å². The van der Waals surface area contributed by atoms with Gasteiger partial charge in [-0.2, -0.15) is 0 Å². The lowest BCUT2D eigenvalue weighted by Gasteiger charge is -2.12. The minimum Gasteiger partial charge on any atom is -0.464 e. The van der Waals surface area contributed by atoms with Gasteiger partial charge in [-0.1, -0.05) is 12.2 Å². The van der Waals surface area contributed by atoms with Gasteiger partial charge in [0.05, 0.1) is 12.7 Å². The van der Waals surface area contributed by atoms with Crippen LogP contribution in [0.1, 0.15) is 6.42 Å². The van der Waals surface area contributed by atoms with Crippen molar-refractivity contribution in [1.82, 2.24) is 5.32 Å². The van der Waals surface area contributed by atoms with Crippen LogP contribution < -0.4 is 5.32 Å². The highest BCUT2D eigenvalue weighted by molar-refractivity contribution is 8.05. The van der Waals surface area contributed by atoms with Crippen LogP contribution in [-0.2, 0) is 23.9 Å². The van der Waals surface area contributed by atoms with E-state index >= 15 is 0 Å². The summed E-state index contributed by atoms with van der Waals surface area (Å²) in [5.74, 6) is -1.81. The van der Waals surface area contributed by atoms with Gasteiger partial charge in [-0.15, -0.1) is 11.8 Å². The van der Waals surface area contributed by atoms with Gasteiger partial charge in [0.25, 0.3) is 5.91 Å². The first kappa shape index (κ1) is 15.8. The molecule has 0 atom stereocenters. The van der Waals surface area contributed by atoms with Crippen molar-refractivity contribution in [2.75, 3.05) is 7.11 Å². The van der Waals surface area contributed by atoms with Crippen LogP contribution in [0.15, 0.2) is 58.2 Å². The van der Waals surface area contributed by atoms with Gasteiger partial charge in [-0.25, -0.2) is 9.59 Å². The third kappa shape index (κ3) is 3.98. The maximum atomic E-state index is 11.9. The lowest BCUT2D eigenvalue weighted by molar-refractivity contribution is -0.137. The molecule has 114 valence electrons. The minimum atomic E-state index is -0.666. The van der Waals surface area contributed by atoms with Gasteiger partial charge < -0.3 is 14.8 Å². The van der Waals surface area contributed by atoms with Crippen molar-refractivity contribution in [3.8, 4) is 0 Å². The maximum Gasteiger partial charge on any atom is 0.355 e. The lowest BCUT2D eigenvalue weighted by atomic mass is 10.0. The van der Waals surface area contributed by atoms with Gasteiger partial charge in [-0.05, 0) is 23.5 Å². The molecule has 1 aliphatic heterocycles. The normalized spacial score (nSPS) is 18.5. The molecule has 1 aliphatic carbocycles. The molecule has 0 bridgehead atoms. The van der Waals surface area contributed by atoms with Crippen molar-refractivity contribution in [2.24, 2.45) is 0 Å². The summed E-state index contributed by atoms with van der Waals surface area (Å²) in [7, 11) is 1.22. The van der Waals surface area contributed by atoms with Gasteiger partial charge in [0.1, 0.15) is 12.0 Å². The second-order valence-corrected chi connectivity index (χ2v) is 4.96. The number of cyclic esters (lactones) is 1. The Kier molecular flexibility index (Phi) is 5.37. The highest BCUT2D eigenvalue weighted by atomic mass is 32.2. The summed E-state index contributed by atoms with van der Waals surface area (Å²) in [5, 5.41) is 5.53. The number of thioether (sulfide) groups is 1. The predicted molar refractivity (Wildman–Crippen MR) is 81.0 cm³/mol. The quantitative estimate of drug-likeness (QED) is 0.741. The number of amides is 1. The molecule has 0 aromatic heterocycles. The number of rotatable bonds is 1. The molecule has 0 fully saturated rings. The van der Waals surface area contributed by atoms with E-state index in [0.29, 0.717) is 12.0 Å². The number of carbonyl (C=O) groups is 3. The van der Waals surface area contributed by atoms with E-state index in [1.807, 2.05) is 6.08 Å². The number of allylic oxidation sites excluding steroid dienone is 3. The number of methoxy groups -OCH3 is 1. The number of nitrogens with one attached hydrogen (secondary N) is 1. The molecule has 6 nitrogen and oxygen atoms in total. The molecule has 2 rings (SSSR count). The largest absolute Gasteiger partial charge is 0.464 e. The molecule has 0 saturated heterocycles. The lowest BCUT2D eigenvalue weighted by Crippen LogP contribution is -2.26. The van der Waals surface area contributed by atoms with Crippen LogP contribution >= 0.6 is 11.8 Å². The zero-order valence-electron chi connectivity index (χ0n) is 11.7. The number of ether oxygens (including phenoxy) is 2. The number of esters is 2. The Morgan fingerprint density at radius 2 is 2.18 bits per heavy atom. The average Bonchev–Trinajstić information content (AvgIpc) is 2.52. The minimum absolute atomic E-state index is 0.00258. The Hall–Kier alpha value is -2.54. The van der Waals surface area contributed by atoms with Crippen LogP contribution in [0, 0.1) is 0 Å². The number of carbonyl (C=O) groups excluding carboxylic acids is 3. The SMILES string of the molecule is COC(=O)C1=CSC=C2CC=CC=C2C(=O)OC=CC(=O)N1. The van der Waals surface area contributed by atoms with E-state index < -0.39 is 17.8 Å². The van der Waals surface area contributed by atoms with E-state index in [9.17, 15) is 14.4 Å². The highest BCUT2D eigenvalue weighted by Crippen LogP contribution is 2.25. The van der Waals surface area contributed by atoms with Crippen LogP contribution in [0.5, 0.6) is 0 Å². The first-order valence-corrected chi connectivity index (χ1v) is 7.25. The van der Waals surface area contributed by atoms with Crippen molar-refractivity contribution in [3.05, 3.63) is 58.2 Å². The van der Waals surface area contributed by atoms with E-state index in [1.165, 1.54) is 12.5 Å². The maximum absolute atomic E-state index is 11.9. The molecule has 0 radical (unpaired) electrons. The molecular formula is C15H13NO5S. The van der Waals surface area contributed by atoms with Crippen molar-refractivity contribution in [3.63, 3.8) is 0 Å². The number of fused-ring (bicyclic) bond motifs is 1. The summed E-state index contributed by atoms with van der Waals surface area (Å²) in [6.07, 6.45) is 7.88. The van der Waals surface area contributed by atoms with Gasteiger partial charge in [0.15, 0.2) is 0 Å². The van der Waals surface area contributed by atoms with E-state index in [1.54, 1.807) is 17.6 Å². The molecule has 1 amide bonds. The average molecular weight is 319 g/mol. The van der Waals surface area contributed by atoms with Crippen molar-refractivity contribution in [2.45, 2.75) is 6.42 Å². The van der Waals surface area contributed by atoms with Crippen LogP contribution in [0.2, 0.25) is 0 Å². The Morgan fingerprint density at radius 3 is 2.95 bits per heavy atom. The van der Waals surface area contributed by atoms with Crippen LogP contribution in [0.4, 0.5) is 0 Å². The summed E-state index contributed by atoms with van der Waals surface area (Å²) in [5.41, 5.74) is 1.18. The van der Waals surface area contributed by atoms with Gasteiger partial charge in [0, 0.05) is 11.5 Å². The Balaban J connectivity index is 2.35. The Bertz CT molecular complexity index is 655. The summed E-state index contributed by atoms with van der Waals surface area (Å²) < 4.78 is 9.51. The van der Waals surface area contributed by atoms with Gasteiger partial charge in [-0.3, -0.25) is 4.79 Å². The first-order chi connectivity index (χ1) is 10.6. The van der Waals surface area contributed by atoms with E-state index in [4.69, 9.17) is 4.74 Å². The second-order valence-electron chi connectivity index (χ2n) is 4.21. The predicted octanol–water partition coefficient (Wildman–Crippen LogP) is 1.69. The fourth-order valence-electron chi connectivity index (χ4n) is 1.71. The smallest absolute Gasteiger partial charge is 0.355 e. The molecule has 2 aliphatic rings. The second kappa shape index (κ2) is 7.46. The molecule has 1 N–H and O–H groups in total. The molecule has 0 aromatic carbocycles. The van der Waals surface area contributed by atoms with Crippen LogP contribution in [0.25, 0.3) is 0 Å². The standard InChI is InChI=1S/C15H13NO5S/c1-20-15(19)12-9-22-8-10-4-2-3-5-11(10)14(18)21-7-6-13(17)16-12/h2-3,5-9H,4H2,1H3,(H,16,17). The summed E-state index contributed by atoms with van der Waals surface area (Å²) >= 11 is 1.16. The zero-order chi connectivity index (χ0) is 15.9. The van der Waals surface area contributed by atoms with Crippen molar-refractivity contribution < 1.29 is 23.9 Å². The fraction of sp³-hybridized carbons (Fsp3) is 0.133. The zero-order valence-corrected chi connectivity index (χ0v) is 12.5. The van der Waals surface area contributed by atoms with E-state index in [-0.39, 0.29) is 5.70 Å². The van der Waals surface area contributed by atoms with E-state index in [2.05, 4.69) is 10.1 Å². The summed E-state index contributed by atoms with van der Waals surface area (Å²) in [6, 6.07) is 0. The highest BCUT2D eigenvalue weighted by Gasteiger charge is 2.18. The molecule has 0 aromatic rings. The number of hydrogen-bond donors (Lipinski definition) is 1. The third-order valence-corrected chi connectivity index (χ3v) is 3.55. The molecule has 0 unspecified atom stereocenters. The Labute approximate surface area is 131 Å².